The molecule has 0 amide bonds. The molecule has 1 heterocycles. The Bertz CT molecular complexity index is 303. The molecule has 2 aliphatic rings. The molecule has 21 heavy (non-hydrogen) atoms. The fourth-order valence-electron chi connectivity index (χ4n) is 3.67. The van der Waals surface area contributed by atoms with Crippen molar-refractivity contribution < 1.29 is 9.47 Å². The van der Waals surface area contributed by atoms with Gasteiger partial charge in [0.15, 0.2) is 0 Å². The molecule has 3 nitrogen and oxygen atoms in total. The summed E-state index contributed by atoms with van der Waals surface area (Å²) in [6.45, 7) is 13.5. The lowest BCUT2D eigenvalue weighted by Crippen LogP contribution is -2.48. The number of ether oxygens (including phenoxy) is 2. The lowest BCUT2D eigenvalue weighted by atomic mass is 9.94. The molecule has 2 fully saturated rings. The third-order valence-electron chi connectivity index (χ3n) is 4.82. The first-order valence-corrected chi connectivity index (χ1v) is 8.90. The summed E-state index contributed by atoms with van der Waals surface area (Å²) in [6.07, 6.45) is 8.79. The van der Waals surface area contributed by atoms with Gasteiger partial charge in [-0.05, 0) is 73.1 Å². The molecule has 1 aliphatic carbocycles. The molecule has 0 aromatic rings. The summed E-state index contributed by atoms with van der Waals surface area (Å²) in [4.78, 5) is 2.58. The highest BCUT2D eigenvalue weighted by atomic mass is 16.5. The van der Waals surface area contributed by atoms with Crippen LogP contribution in [0.15, 0.2) is 0 Å². The molecule has 0 bridgehead atoms. The fourth-order valence-corrected chi connectivity index (χ4v) is 3.67. The fraction of sp³-hybridized carbons (Fsp3) is 1.00. The summed E-state index contributed by atoms with van der Waals surface area (Å²) in [5.41, 5.74) is 0.298. The zero-order chi connectivity index (χ0) is 15.5. The van der Waals surface area contributed by atoms with E-state index in [1.807, 2.05) is 0 Å². The Kier molecular flexibility index (Phi) is 6.10. The highest BCUT2D eigenvalue weighted by Gasteiger charge is 2.30. The normalized spacial score (nSPS) is 30.0. The third-order valence-corrected chi connectivity index (χ3v) is 4.82. The standard InChI is InChI=1S/C18H35NO2/c1-14(2)20-16-7-6-8-17(13-16)21-15-9-11-19(12-10-15)18(3,4)5/h14-17H,6-13H2,1-5H3/t16-,17-/m0/s1. The summed E-state index contributed by atoms with van der Waals surface area (Å²) in [7, 11) is 0. The summed E-state index contributed by atoms with van der Waals surface area (Å²) in [6, 6.07) is 0. The third kappa shape index (κ3) is 5.54. The van der Waals surface area contributed by atoms with Gasteiger partial charge in [0.05, 0.1) is 24.4 Å². The maximum absolute atomic E-state index is 6.40. The molecule has 124 valence electrons. The van der Waals surface area contributed by atoms with Crippen molar-refractivity contribution in [3.63, 3.8) is 0 Å². The summed E-state index contributed by atoms with van der Waals surface area (Å²) in [5.74, 6) is 0. The molecular formula is C18H35NO2. The van der Waals surface area contributed by atoms with E-state index in [0.717, 1.165) is 6.42 Å². The van der Waals surface area contributed by atoms with Crippen LogP contribution in [-0.4, -0.2) is 47.9 Å². The Labute approximate surface area is 131 Å². The van der Waals surface area contributed by atoms with E-state index in [1.54, 1.807) is 0 Å². The number of nitrogens with zero attached hydrogens (tertiary/aromatic N) is 1. The van der Waals surface area contributed by atoms with Crippen LogP contribution in [0.4, 0.5) is 0 Å². The molecular weight excluding hydrogens is 262 g/mol. The van der Waals surface area contributed by atoms with Crippen LogP contribution in [0.25, 0.3) is 0 Å². The Morgan fingerprint density at radius 1 is 0.905 bits per heavy atom. The molecule has 2 atom stereocenters. The highest BCUT2D eigenvalue weighted by molar-refractivity contribution is 4.83. The van der Waals surface area contributed by atoms with Gasteiger partial charge in [0, 0.05) is 18.6 Å². The van der Waals surface area contributed by atoms with Crippen molar-refractivity contribution in [1.29, 1.82) is 0 Å². The highest BCUT2D eigenvalue weighted by Crippen LogP contribution is 2.28. The van der Waals surface area contributed by atoms with E-state index < -0.39 is 0 Å². The SMILES string of the molecule is CC(C)O[C@H]1CCC[C@H](OC2CCN(C(C)(C)C)CC2)C1. The van der Waals surface area contributed by atoms with Gasteiger partial charge in [0.25, 0.3) is 0 Å². The predicted molar refractivity (Wildman–Crippen MR) is 87.7 cm³/mol. The number of rotatable bonds is 4. The quantitative estimate of drug-likeness (QED) is 0.783. The zero-order valence-electron chi connectivity index (χ0n) is 14.7. The summed E-state index contributed by atoms with van der Waals surface area (Å²) >= 11 is 0. The molecule has 1 saturated heterocycles. The Hall–Kier alpha value is -0.120. The largest absolute Gasteiger partial charge is 0.375 e. The molecule has 0 unspecified atom stereocenters. The van der Waals surface area contributed by atoms with E-state index in [0.29, 0.717) is 30.0 Å². The molecule has 1 saturated carbocycles. The van der Waals surface area contributed by atoms with Crippen molar-refractivity contribution in [2.75, 3.05) is 13.1 Å². The van der Waals surface area contributed by atoms with Gasteiger partial charge in [0.1, 0.15) is 0 Å². The lowest BCUT2D eigenvalue weighted by Gasteiger charge is -2.42. The van der Waals surface area contributed by atoms with Crippen LogP contribution in [-0.2, 0) is 9.47 Å². The average Bonchev–Trinajstić information content (AvgIpc) is 2.38. The van der Waals surface area contributed by atoms with Gasteiger partial charge >= 0.3 is 0 Å². The molecule has 0 aromatic carbocycles. The van der Waals surface area contributed by atoms with E-state index >= 15 is 0 Å². The Morgan fingerprint density at radius 3 is 2.10 bits per heavy atom. The van der Waals surface area contributed by atoms with E-state index in [-0.39, 0.29) is 0 Å². The maximum atomic E-state index is 6.40. The second kappa shape index (κ2) is 7.43. The van der Waals surface area contributed by atoms with Crippen molar-refractivity contribution >= 4 is 0 Å². The van der Waals surface area contributed by atoms with Crippen molar-refractivity contribution in [2.24, 2.45) is 0 Å². The van der Waals surface area contributed by atoms with Crippen molar-refractivity contribution in [3.8, 4) is 0 Å². The van der Waals surface area contributed by atoms with E-state index in [2.05, 4.69) is 39.5 Å². The van der Waals surface area contributed by atoms with Crippen LogP contribution in [0.1, 0.15) is 73.1 Å². The maximum Gasteiger partial charge on any atom is 0.0603 e. The van der Waals surface area contributed by atoms with Crippen molar-refractivity contribution in [3.05, 3.63) is 0 Å². The molecule has 2 rings (SSSR count). The predicted octanol–water partition coefficient (Wildman–Crippen LogP) is 4.00. The number of hydrogen-bond donors (Lipinski definition) is 0. The average molecular weight is 297 g/mol. The monoisotopic (exact) mass is 297 g/mol. The van der Waals surface area contributed by atoms with Gasteiger partial charge in [0.2, 0.25) is 0 Å². The Morgan fingerprint density at radius 2 is 1.52 bits per heavy atom. The molecule has 1 aliphatic heterocycles. The van der Waals surface area contributed by atoms with Gasteiger partial charge in [-0.1, -0.05) is 0 Å². The van der Waals surface area contributed by atoms with E-state index in [9.17, 15) is 0 Å². The van der Waals surface area contributed by atoms with Gasteiger partial charge in [-0.3, -0.25) is 4.90 Å². The molecule has 0 N–H and O–H groups in total. The lowest BCUT2D eigenvalue weighted by molar-refractivity contribution is -0.101. The smallest absolute Gasteiger partial charge is 0.0603 e. The van der Waals surface area contributed by atoms with Crippen molar-refractivity contribution in [1.82, 2.24) is 4.90 Å². The van der Waals surface area contributed by atoms with Crippen LogP contribution in [0.5, 0.6) is 0 Å². The molecule has 0 spiro atoms. The zero-order valence-corrected chi connectivity index (χ0v) is 14.7. The van der Waals surface area contributed by atoms with Gasteiger partial charge in [-0.15, -0.1) is 0 Å². The van der Waals surface area contributed by atoms with Crippen LogP contribution in [0.2, 0.25) is 0 Å². The van der Waals surface area contributed by atoms with Crippen LogP contribution < -0.4 is 0 Å². The number of likely N-dealkylation sites (tertiary alicyclic amines) is 1. The molecule has 3 heteroatoms. The second-order valence-corrected chi connectivity index (χ2v) is 8.09. The van der Waals surface area contributed by atoms with Crippen molar-refractivity contribution in [2.45, 2.75) is 103 Å². The molecule has 0 radical (unpaired) electrons. The minimum absolute atomic E-state index is 0.298. The molecule has 0 aromatic heterocycles. The van der Waals surface area contributed by atoms with Gasteiger partial charge in [-0.2, -0.15) is 0 Å². The summed E-state index contributed by atoms with van der Waals surface area (Å²) in [5, 5.41) is 0. The van der Waals surface area contributed by atoms with Gasteiger partial charge < -0.3 is 9.47 Å². The van der Waals surface area contributed by atoms with Crippen LogP contribution in [0.3, 0.4) is 0 Å². The first kappa shape index (κ1) is 17.2. The first-order valence-electron chi connectivity index (χ1n) is 8.90. The van der Waals surface area contributed by atoms with Crippen LogP contribution in [0, 0.1) is 0 Å². The Balaban J connectivity index is 1.73. The van der Waals surface area contributed by atoms with Gasteiger partial charge in [-0.25, -0.2) is 0 Å². The minimum Gasteiger partial charge on any atom is -0.375 e. The number of piperidine rings is 1. The number of hydrogen-bond acceptors (Lipinski definition) is 3. The minimum atomic E-state index is 0.298. The second-order valence-electron chi connectivity index (χ2n) is 8.09. The summed E-state index contributed by atoms with van der Waals surface area (Å²) < 4.78 is 12.4. The van der Waals surface area contributed by atoms with E-state index in [1.165, 1.54) is 45.2 Å². The topological polar surface area (TPSA) is 21.7 Å². The first-order chi connectivity index (χ1) is 9.84. The van der Waals surface area contributed by atoms with Crippen LogP contribution >= 0.6 is 0 Å². The van der Waals surface area contributed by atoms with E-state index in [4.69, 9.17) is 9.47 Å².